The zero-order chi connectivity index (χ0) is 21.1. The van der Waals surface area contributed by atoms with Crippen LogP contribution >= 0.6 is 11.3 Å². The Morgan fingerprint density at radius 1 is 1.07 bits per heavy atom. The van der Waals surface area contributed by atoms with Gasteiger partial charge in [0.25, 0.3) is 5.91 Å². The minimum atomic E-state index is -0.202. The number of carbonyl (C=O) groups excluding carboxylic acids is 1. The number of anilines is 1. The van der Waals surface area contributed by atoms with Crippen molar-refractivity contribution in [3.8, 4) is 11.4 Å². The first-order valence-electron chi connectivity index (χ1n) is 9.54. The average molecular weight is 419 g/mol. The molecule has 1 amide bonds. The van der Waals surface area contributed by atoms with Gasteiger partial charge in [-0.25, -0.2) is 9.67 Å². The maximum atomic E-state index is 12.8. The Balaban J connectivity index is 1.49. The van der Waals surface area contributed by atoms with E-state index in [0.29, 0.717) is 23.7 Å². The number of nitrogens with zero attached hydrogens (tertiary/aromatic N) is 3. The van der Waals surface area contributed by atoms with Gasteiger partial charge in [0.15, 0.2) is 0 Å². The Labute approximate surface area is 179 Å². The molecule has 2 aromatic heterocycles. The van der Waals surface area contributed by atoms with E-state index >= 15 is 0 Å². The highest BCUT2D eigenvalue weighted by molar-refractivity contribution is 7.07. The number of amides is 1. The van der Waals surface area contributed by atoms with Crippen molar-refractivity contribution in [3.05, 3.63) is 87.5 Å². The van der Waals surface area contributed by atoms with Gasteiger partial charge in [-0.05, 0) is 68.3 Å². The molecule has 0 aliphatic rings. The number of rotatable bonds is 6. The summed E-state index contributed by atoms with van der Waals surface area (Å²) in [5.74, 6) is 1.12. The van der Waals surface area contributed by atoms with Crippen LogP contribution in [0.3, 0.4) is 0 Å². The fraction of sp³-hybridized carbons (Fsp3) is 0.174. The van der Waals surface area contributed by atoms with Crippen LogP contribution in [0.5, 0.6) is 5.75 Å². The van der Waals surface area contributed by atoms with Gasteiger partial charge in [-0.15, -0.1) is 11.3 Å². The quantitative estimate of drug-likeness (QED) is 0.474. The Morgan fingerprint density at radius 2 is 1.80 bits per heavy atom. The molecule has 2 aromatic carbocycles. The molecule has 1 N–H and O–H groups in total. The second kappa shape index (κ2) is 8.51. The van der Waals surface area contributed by atoms with Crippen LogP contribution in [0.4, 0.5) is 5.82 Å². The maximum absolute atomic E-state index is 12.8. The van der Waals surface area contributed by atoms with E-state index in [4.69, 9.17) is 4.74 Å². The number of benzene rings is 2. The van der Waals surface area contributed by atoms with E-state index in [2.05, 4.69) is 21.5 Å². The van der Waals surface area contributed by atoms with Gasteiger partial charge in [-0.2, -0.15) is 5.10 Å². The van der Waals surface area contributed by atoms with E-state index < -0.39 is 0 Å². The van der Waals surface area contributed by atoms with E-state index in [-0.39, 0.29) is 5.91 Å². The molecular weight excluding hydrogens is 396 g/mol. The van der Waals surface area contributed by atoms with Crippen molar-refractivity contribution >= 4 is 23.1 Å². The molecular formula is C23H22N4O2S. The lowest BCUT2D eigenvalue weighted by Crippen LogP contribution is -2.15. The molecule has 0 aliphatic heterocycles. The van der Waals surface area contributed by atoms with E-state index in [1.54, 1.807) is 34.5 Å². The Hall–Kier alpha value is -3.45. The summed E-state index contributed by atoms with van der Waals surface area (Å²) >= 11 is 1.53. The summed E-state index contributed by atoms with van der Waals surface area (Å²) in [5, 5.41) is 9.47. The van der Waals surface area contributed by atoms with Gasteiger partial charge in [0.2, 0.25) is 0 Å². The molecule has 4 aromatic rings. The third-order valence-corrected chi connectivity index (χ3v) is 5.15. The fourth-order valence-corrected chi connectivity index (χ4v) is 3.76. The van der Waals surface area contributed by atoms with Crippen molar-refractivity contribution in [2.75, 3.05) is 5.32 Å². The van der Waals surface area contributed by atoms with Gasteiger partial charge in [0.05, 0.1) is 22.6 Å². The van der Waals surface area contributed by atoms with E-state index in [0.717, 1.165) is 28.2 Å². The molecule has 30 heavy (non-hydrogen) atoms. The van der Waals surface area contributed by atoms with E-state index in [9.17, 15) is 4.79 Å². The van der Waals surface area contributed by atoms with Gasteiger partial charge in [-0.1, -0.05) is 6.07 Å². The monoisotopic (exact) mass is 418 g/mol. The van der Waals surface area contributed by atoms with Crippen LogP contribution in [0.2, 0.25) is 0 Å². The van der Waals surface area contributed by atoms with Crippen molar-refractivity contribution < 1.29 is 9.53 Å². The number of hydrogen-bond acceptors (Lipinski definition) is 5. The molecule has 4 rings (SSSR count). The summed E-state index contributed by atoms with van der Waals surface area (Å²) in [6.45, 7) is 6.40. The molecule has 6 nitrogen and oxygen atoms in total. The number of nitrogens with one attached hydrogen (secondary N) is 1. The summed E-state index contributed by atoms with van der Waals surface area (Å²) in [5.41, 5.74) is 7.24. The normalized spacial score (nSPS) is 10.8. The second-order valence-electron chi connectivity index (χ2n) is 7.18. The van der Waals surface area contributed by atoms with E-state index in [1.165, 1.54) is 11.3 Å². The summed E-state index contributed by atoms with van der Waals surface area (Å²) in [7, 11) is 0. The standard InChI is InChI=1S/C23H22N4O2S/c1-15-8-16(2)10-20(9-15)27-22(11-17(3)26-27)25-23(28)18-4-6-21(7-5-18)29-12-19-13-30-14-24-19/h4-11,13-14H,12H2,1-3H3,(H,25,28). The predicted molar refractivity (Wildman–Crippen MR) is 119 cm³/mol. The number of aromatic nitrogens is 3. The molecule has 0 saturated heterocycles. The molecule has 0 atom stereocenters. The highest BCUT2D eigenvalue weighted by Gasteiger charge is 2.13. The summed E-state index contributed by atoms with van der Waals surface area (Å²) in [6.07, 6.45) is 0. The SMILES string of the molecule is Cc1cc(C)cc(-n2nc(C)cc2NC(=O)c2ccc(OCc3cscn3)cc2)c1. The first kappa shape index (κ1) is 19.8. The zero-order valence-corrected chi connectivity index (χ0v) is 17.9. The minimum absolute atomic E-state index is 0.202. The molecule has 152 valence electrons. The van der Waals surface area contributed by atoms with Gasteiger partial charge in [0.1, 0.15) is 18.2 Å². The Morgan fingerprint density at radius 3 is 2.47 bits per heavy atom. The topological polar surface area (TPSA) is 69.0 Å². The van der Waals surface area contributed by atoms with Crippen LogP contribution < -0.4 is 10.1 Å². The van der Waals surface area contributed by atoms with Crippen molar-refractivity contribution in [1.82, 2.24) is 14.8 Å². The smallest absolute Gasteiger partial charge is 0.256 e. The highest BCUT2D eigenvalue weighted by atomic mass is 32.1. The number of thiazole rings is 1. The van der Waals surface area contributed by atoms with E-state index in [1.807, 2.05) is 44.4 Å². The minimum Gasteiger partial charge on any atom is -0.487 e. The molecule has 2 heterocycles. The number of hydrogen-bond donors (Lipinski definition) is 1. The van der Waals surface area contributed by atoms with Crippen LogP contribution in [0.15, 0.2) is 59.4 Å². The molecule has 7 heteroatoms. The van der Waals surface area contributed by atoms with Crippen molar-refractivity contribution in [2.45, 2.75) is 27.4 Å². The summed E-state index contributed by atoms with van der Waals surface area (Å²) in [4.78, 5) is 17.0. The molecule has 0 bridgehead atoms. The van der Waals surface area contributed by atoms with Crippen molar-refractivity contribution in [1.29, 1.82) is 0 Å². The number of aryl methyl sites for hydroxylation is 3. The largest absolute Gasteiger partial charge is 0.487 e. The zero-order valence-electron chi connectivity index (χ0n) is 17.0. The molecule has 0 radical (unpaired) electrons. The fourth-order valence-electron chi connectivity index (χ4n) is 3.22. The highest BCUT2D eigenvalue weighted by Crippen LogP contribution is 2.21. The first-order valence-corrected chi connectivity index (χ1v) is 10.5. The Bertz CT molecular complexity index is 1140. The van der Waals surface area contributed by atoms with Crippen molar-refractivity contribution in [3.63, 3.8) is 0 Å². The number of carbonyl (C=O) groups is 1. The van der Waals surface area contributed by atoms with Crippen LogP contribution in [-0.4, -0.2) is 20.7 Å². The van der Waals surface area contributed by atoms with Crippen molar-refractivity contribution in [2.24, 2.45) is 0 Å². The van der Waals surface area contributed by atoms with Crippen LogP contribution in [-0.2, 0) is 6.61 Å². The second-order valence-corrected chi connectivity index (χ2v) is 7.89. The third kappa shape index (κ3) is 4.58. The third-order valence-electron chi connectivity index (χ3n) is 4.51. The maximum Gasteiger partial charge on any atom is 0.256 e. The van der Waals surface area contributed by atoms with Gasteiger partial charge in [-0.3, -0.25) is 4.79 Å². The van der Waals surface area contributed by atoms with Crippen LogP contribution in [0.1, 0.15) is 32.9 Å². The molecule has 0 saturated carbocycles. The lowest BCUT2D eigenvalue weighted by Gasteiger charge is -2.11. The van der Waals surface area contributed by atoms with Gasteiger partial charge >= 0.3 is 0 Å². The van der Waals surface area contributed by atoms with Gasteiger partial charge in [0, 0.05) is 17.0 Å². The summed E-state index contributed by atoms with van der Waals surface area (Å²) < 4.78 is 7.47. The lowest BCUT2D eigenvalue weighted by molar-refractivity contribution is 0.102. The first-order chi connectivity index (χ1) is 14.5. The average Bonchev–Trinajstić information content (AvgIpc) is 3.35. The molecule has 0 spiro atoms. The van der Waals surface area contributed by atoms with Gasteiger partial charge < -0.3 is 10.1 Å². The van der Waals surface area contributed by atoms with Crippen LogP contribution in [0, 0.1) is 20.8 Å². The lowest BCUT2D eigenvalue weighted by atomic mass is 10.1. The van der Waals surface area contributed by atoms with Crippen LogP contribution in [0.25, 0.3) is 5.69 Å². The molecule has 0 fully saturated rings. The Kier molecular flexibility index (Phi) is 5.63. The summed E-state index contributed by atoms with van der Waals surface area (Å²) in [6, 6.07) is 15.1. The number of ether oxygens (including phenoxy) is 1. The molecule has 0 unspecified atom stereocenters. The molecule has 0 aliphatic carbocycles. The predicted octanol–water partition coefficient (Wildman–Crippen LogP) is 5.09.